The summed E-state index contributed by atoms with van der Waals surface area (Å²) in [6.45, 7) is 0.704. The summed E-state index contributed by atoms with van der Waals surface area (Å²) in [6.07, 6.45) is 3.26. The maximum Gasteiger partial charge on any atom is 0.306 e. The van der Waals surface area contributed by atoms with Gasteiger partial charge >= 0.3 is 5.97 Å². The van der Waals surface area contributed by atoms with Gasteiger partial charge in [-0.15, -0.1) is 0 Å². The zero-order valence-electron chi connectivity index (χ0n) is 7.71. The second kappa shape index (κ2) is 3.21. The van der Waals surface area contributed by atoms with Crippen molar-refractivity contribution in [1.82, 2.24) is 0 Å². The first kappa shape index (κ1) is 10.1. The van der Waals surface area contributed by atoms with Crippen molar-refractivity contribution in [1.29, 1.82) is 0 Å². The fourth-order valence-corrected chi connectivity index (χ4v) is 6.20. The standard InChI is InChI=1S/C10H12I2O2/c11-8-5-1-6(9(8)12)10(2-5)3-7(13)14-4-10/h5-6,8-9H,1-4H2. The predicted octanol–water partition coefficient (Wildman–Crippen LogP) is 2.57. The van der Waals surface area contributed by atoms with Gasteiger partial charge in [-0.3, -0.25) is 4.79 Å². The number of cyclic esters (lactones) is 1. The Morgan fingerprint density at radius 3 is 2.64 bits per heavy atom. The lowest BCUT2D eigenvalue weighted by atomic mass is 9.72. The van der Waals surface area contributed by atoms with Crippen molar-refractivity contribution >= 4 is 51.2 Å². The largest absolute Gasteiger partial charge is 0.465 e. The molecule has 1 saturated heterocycles. The summed E-state index contributed by atoms with van der Waals surface area (Å²) in [4.78, 5) is 11.2. The molecule has 14 heavy (non-hydrogen) atoms. The second-order valence-corrected chi connectivity index (χ2v) is 7.77. The SMILES string of the molecule is O=C1CC2(CO1)CC1CC2C(I)C1I. The number of alkyl halides is 2. The van der Waals surface area contributed by atoms with Crippen LogP contribution in [-0.2, 0) is 9.53 Å². The van der Waals surface area contributed by atoms with E-state index in [1.165, 1.54) is 12.8 Å². The Kier molecular flexibility index (Phi) is 2.32. The Labute approximate surface area is 111 Å². The van der Waals surface area contributed by atoms with Crippen LogP contribution in [0.4, 0.5) is 0 Å². The number of rotatable bonds is 0. The van der Waals surface area contributed by atoms with E-state index in [1.807, 2.05) is 0 Å². The first-order chi connectivity index (χ1) is 6.62. The van der Waals surface area contributed by atoms with Gasteiger partial charge in [0.05, 0.1) is 13.0 Å². The lowest BCUT2D eigenvalue weighted by Crippen LogP contribution is -2.38. The molecule has 0 aromatic rings. The number of carbonyl (C=O) groups is 1. The summed E-state index contributed by atoms with van der Waals surface area (Å²) in [7, 11) is 0. The molecule has 2 nitrogen and oxygen atoms in total. The number of halogens is 2. The van der Waals surface area contributed by atoms with E-state index >= 15 is 0 Å². The van der Waals surface area contributed by atoms with Gasteiger partial charge in [-0.25, -0.2) is 0 Å². The van der Waals surface area contributed by atoms with Gasteiger partial charge in [-0.2, -0.15) is 0 Å². The minimum atomic E-state index is 0.0335. The molecule has 0 aromatic carbocycles. The molecule has 2 saturated carbocycles. The Balaban J connectivity index is 1.89. The second-order valence-electron chi connectivity index (χ2n) is 4.90. The summed E-state index contributed by atoms with van der Waals surface area (Å²) < 4.78 is 6.75. The highest BCUT2D eigenvalue weighted by Gasteiger charge is 2.61. The molecule has 1 aliphatic heterocycles. The van der Waals surface area contributed by atoms with Crippen molar-refractivity contribution in [2.75, 3.05) is 6.61 Å². The van der Waals surface area contributed by atoms with Crippen LogP contribution in [0, 0.1) is 17.3 Å². The quantitative estimate of drug-likeness (QED) is 0.344. The third-order valence-electron chi connectivity index (χ3n) is 4.17. The summed E-state index contributed by atoms with van der Waals surface area (Å²) in [5.41, 5.74) is 0.245. The van der Waals surface area contributed by atoms with Crippen molar-refractivity contribution in [2.45, 2.75) is 27.1 Å². The zero-order chi connectivity index (χ0) is 9.92. The van der Waals surface area contributed by atoms with Crippen LogP contribution in [0.1, 0.15) is 19.3 Å². The molecule has 0 amide bonds. The van der Waals surface area contributed by atoms with Gasteiger partial charge in [0.1, 0.15) is 0 Å². The number of carbonyl (C=O) groups excluding carboxylic acids is 1. The number of esters is 1. The first-order valence-electron chi connectivity index (χ1n) is 5.06. The Hall–Kier alpha value is 0.930. The monoisotopic (exact) mass is 418 g/mol. The van der Waals surface area contributed by atoms with Gasteiger partial charge in [0.15, 0.2) is 0 Å². The number of fused-ring (bicyclic) bond motifs is 3. The maximum absolute atomic E-state index is 11.2. The summed E-state index contributed by atoms with van der Waals surface area (Å²) in [5.74, 6) is 1.62. The smallest absolute Gasteiger partial charge is 0.306 e. The zero-order valence-corrected chi connectivity index (χ0v) is 12.0. The van der Waals surface area contributed by atoms with E-state index in [-0.39, 0.29) is 11.4 Å². The molecular weight excluding hydrogens is 406 g/mol. The molecule has 3 fully saturated rings. The summed E-state index contributed by atoms with van der Waals surface area (Å²) >= 11 is 5.18. The molecule has 3 rings (SSSR count). The van der Waals surface area contributed by atoms with E-state index in [0.29, 0.717) is 13.0 Å². The molecule has 4 heteroatoms. The molecule has 3 aliphatic rings. The van der Waals surface area contributed by atoms with Crippen LogP contribution >= 0.6 is 45.2 Å². The van der Waals surface area contributed by atoms with Crippen LogP contribution in [-0.4, -0.2) is 20.4 Å². The predicted molar refractivity (Wildman–Crippen MR) is 69.8 cm³/mol. The van der Waals surface area contributed by atoms with Gasteiger partial charge in [0.25, 0.3) is 0 Å². The third-order valence-corrected chi connectivity index (χ3v) is 8.98. The van der Waals surface area contributed by atoms with Gasteiger partial charge in [-0.1, -0.05) is 45.2 Å². The Morgan fingerprint density at radius 2 is 2.14 bits per heavy atom. The molecular formula is C10H12I2O2. The summed E-state index contributed by atoms with van der Waals surface area (Å²) in [6, 6.07) is 0. The third kappa shape index (κ3) is 1.21. The number of hydrogen-bond acceptors (Lipinski definition) is 2. The molecule has 2 aliphatic carbocycles. The average Bonchev–Trinajstić information content (AvgIpc) is 2.75. The van der Waals surface area contributed by atoms with E-state index in [4.69, 9.17) is 4.74 Å². The molecule has 2 bridgehead atoms. The molecule has 1 spiro atoms. The molecule has 0 N–H and O–H groups in total. The van der Waals surface area contributed by atoms with Gasteiger partial charge in [-0.05, 0) is 24.7 Å². The van der Waals surface area contributed by atoms with Crippen LogP contribution in [0.25, 0.3) is 0 Å². The van der Waals surface area contributed by atoms with Crippen LogP contribution in [0.15, 0.2) is 0 Å². The van der Waals surface area contributed by atoms with Crippen LogP contribution in [0.5, 0.6) is 0 Å². The average molecular weight is 418 g/mol. The lowest BCUT2D eigenvalue weighted by Gasteiger charge is -2.36. The van der Waals surface area contributed by atoms with Crippen LogP contribution in [0.2, 0.25) is 0 Å². The van der Waals surface area contributed by atoms with Gasteiger partial charge in [0, 0.05) is 13.3 Å². The minimum absolute atomic E-state index is 0.0335. The minimum Gasteiger partial charge on any atom is -0.465 e. The number of hydrogen-bond donors (Lipinski definition) is 0. The molecule has 5 unspecified atom stereocenters. The fraction of sp³-hybridized carbons (Fsp3) is 0.900. The Morgan fingerprint density at radius 1 is 1.36 bits per heavy atom. The normalized spacial score (nSPS) is 55.7. The highest BCUT2D eigenvalue weighted by atomic mass is 127. The van der Waals surface area contributed by atoms with E-state index in [9.17, 15) is 4.79 Å². The van der Waals surface area contributed by atoms with Crippen molar-refractivity contribution in [3.63, 3.8) is 0 Å². The highest BCUT2D eigenvalue weighted by Crippen LogP contribution is 2.63. The van der Waals surface area contributed by atoms with Crippen molar-refractivity contribution in [3.05, 3.63) is 0 Å². The van der Waals surface area contributed by atoms with E-state index in [0.717, 1.165) is 19.7 Å². The van der Waals surface area contributed by atoms with Crippen molar-refractivity contribution in [2.24, 2.45) is 17.3 Å². The van der Waals surface area contributed by atoms with Gasteiger partial charge < -0.3 is 4.74 Å². The molecule has 78 valence electrons. The van der Waals surface area contributed by atoms with Crippen molar-refractivity contribution < 1.29 is 9.53 Å². The lowest BCUT2D eigenvalue weighted by molar-refractivity contribution is -0.137. The molecule has 5 atom stereocenters. The summed E-state index contributed by atoms with van der Waals surface area (Å²) in [5, 5.41) is 0. The number of ether oxygens (including phenoxy) is 1. The topological polar surface area (TPSA) is 26.3 Å². The van der Waals surface area contributed by atoms with Crippen LogP contribution in [0.3, 0.4) is 0 Å². The van der Waals surface area contributed by atoms with Crippen LogP contribution < -0.4 is 0 Å². The molecule has 0 aromatic heterocycles. The van der Waals surface area contributed by atoms with E-state index in [1.54, 1.807) is 0 Å². The molecule has 0 radical (unpaired) electrons. The van der Waals surface area contributed by atoms with E-state index in [2.05, 4.69) is 45.2 Å². The van der Waals surface area contributed by atoms with Crippen molar-refractivity contribution in [3.8, 4) is 0 Å². The van der Waals surface area contributed by atoms with Gasteiger partial charge in [0.2, 0.25) is 0 Å². The Bertz CT molecular complexity index is 292. The van der Waals surface area contributed by atoms with E-state index < -0.39 is 0 Å². The first-order valence-corrected chi connectivity index (χ1v) is 7.55. The fourth-order valence-electron chi connectivity index (χ4n) is 3.51. The highest BCUT2D eigenvalue weighted by molar-refractivity contribution is 14.1. The molecule has 1 heterocycles. The maximum atomic E-state index is 11.2.